The highest BCUT2D eigenvalue weighted by Crippen LogP contribution is 2.30. The largest absolute Gasteiger partial charge is 0.371 e. The number of hydrogen-bond donors (Lipinski definition) is 2. The fraction of sp³-hybridized carbons (Fsp3) is 0.650. The lowest BCUT2D eigenvalue weighted by atomic mass is 9.96. The first-order valence-electron chi connectivity index (χ1n) is 9.75. The molecule has 5 heteroatoms. The highest BCUT2D eigenvalue weighted by atomic mass is 16.5. The average molecular weight is 343 g/mol. The number of nitrogens with zero attached hydrogens (tertiary/aromatic N) is 1. The second-order valence-corrected chi connectivity index (χ2v) is 7.73. The topological polar surface area (TPSA) is 53.6 Å². The zero-order valence-electron chi connectivity index (χ0n) is 14.8. The minimum absolute atomic E-state index is 0.0114. The lowest BCUT2D eigenvalue weighted by Gasteiger charge is -2.35. The van der Waals surface area contributed by atoms with Crippen LogP contribution in [0.15, 0.2) is 30.3 Å². The molecule has 25 heavy (non-hydrogen) atoms. The van der Waals surface area contributed by atoms with Gasteiger partial charge in [-0.15, -0.1) is 0 Å². The van der Waals surface area contributed by atoms with Crippen LogP contribution in [-0.2, 0) is 4.74 Å². The van der Waals surface area contributed by atoms with Crippen LogP contribution in [0.3, 0.4) is 0 Å². The van der Waals surface area contributed by atoms with Gasteiger partial charge in [-0.2, -0.15) is 0 Å². The van der Waals surface area contributed by atoms with Crippen molar-refractivity contribution in [2.75, 3.05) is 19.7 Å². The number of hydrogen-bond acceptors (Lipinski definition) is 3. The van der Waals surface area contributed by atoms with Gasteiger partial charge in [-0.1, -0.05) is 49.6 Å². The Bertz CT molecular complexity index is 574. The van der Waals surface area contributed by atoms with Crippen molar-refractivity contribution in [3.05, 3.63) is 35.9 Å². The SMILES string of the molecule is O=C(NC1CCCCC1)N[C@H]1C[C@H]2CO[C@@H](c3ccccc3)CN2C1. The summed E-state index contributed by atoms with van der Waals surface area (Å²) in [5, 5.41) is 6.35. The Kier molecular flexibility index (Phi) is 5.22. The van der Waals surface area contributed by atoms with Crippen LogP contribution in [0.4, 0.5) is 4.79 Å². The maximum Gasteiger partial charge on any atom is 0.315 e. The van der Waals surface area contributed by atoms with E-state index in [1.54, 1.807) is 0 Å². The van der Waals surface area contributed by atoms with Gasteiger partial charge in [-0.25, -0.2) is 4.79 Å². The number of urea groups is 1. The van der Waals surface area contributed by atoms with E-state index in [0.717, 1.165) is 39.0 Å². The summed E-state index contributed by atoms with van der Waals surface area (Å²) in [5.74, 6) is 0. The van der Waals surface area contributed by atoms with Gasteiger partial charge in [0.15, 0.2) is 0 Å². The molecule has 136 valence electrons. The van der Waals surface area contributed by atoms with Gasteiger partial charge in [0, 0.05) is 31.2 Å². The summed E-state index contributed by atoms with van der Waals surface area (Å²) in [6.07, 6.45) is 7.16. The smallest absolute Gasteiger partial charge is 0.315 e. The molecule has 0 bridgehead atoms. The van der Waals surface area contributed by atoms with Crippen LogP contribution in [0.2, 0.25) is 0 Å². The minimum atomic E-state index is 0.0114. The molecule has 0 radical (unpaired) electrons. The predicted octanol–water partition coefficient (Wildman–Crippen LogP) is 2.83. The maximum absolute atomic E-state index is 12.3. The number of nitrogens with one attached hydrogen (secondary N) is 2. The predicted molar refractivity (Wildman–Crippen MR) is 97.4 cm³/mol. The number of rotatable bonds is 3. The zero-order valence-corrected chi connectivity index (χ0v) is 14.8. The van der Waals surface area contributed by atoms with E-state index in [1.165, 1.54) is 24.8 Å². The number of ether oxygens (including phenoxy) is 1. The van der Waals surface area contributed by atoms with E-state index in [4.69, 9.17) is 4.74 Å². The molecule has 3 fully saturated rings. The fourth-order valence-electron chi connectivity index (χ4n) is 4.51. The molecule has 3 aliphatic rings. The van der Waals surface area contributed by atoms with Crippen molar-refractivity contribution in [3.63, 3.8) is 0 Å². The van der Waals surface area contributed by atoms with E-state index in [9.17, 15) is 4.79 Å². The molecule has 5 nitrogen and oxygen atoms in total. The average Bonchev–Trinajstić information content (AvgIpc) is 3.04. The first kappa shape index (κ1) is 16.9. The van der Waals surface area contributed by atoms with Gasteiger partial charge in [-0.05, 0) is 24.8 Å². The van der Waals surface area contributed by atoms with Gasteiger partial charge in [0.05, 0.1) is 12.7 Å². The van der Waals surface area contributed by atoms with Gasteiger partial charge in [0.1, 0.15) is 0 Å². The lowest BCUT2D eigenvalue weighted by molar-refractivity contribution is -0.0502. The number of fused-ring (bicyclic) bond motifs is 1. The van der Waals surface area contributed by atoms with Crippen molar-refractivity contribution >= 4 is 6.03 Å². The summed E-state index contributed by atoms with van der Waals surface area (Å²) in [5.41, 5.74) is 1.24. The molecule has 0 unspecified atom stereocenters. The molecule has 2 heterocycles. The summed E-state index contributed by atoms with van der Waals surface area (Å²) >= 11 is 0. The molecule has 1 aromatic rings. The highest BCUT2D eigenvalue weighted by molar-refractivity contribution is 5.74. The van der Waals surface area contributed by atoms with E-state index >= 15 is 0 Å². The van der Waals surface area contributed by atoms with Crippen LogP contribution >= 0.6 is 0 Å². The molecule has 3 atom stereocenters. The van der Waals surface area contributed by atoms with Crippen LogP contribution in [0.1, 0.15) is 50.2 Å². The van der Waals surface area contributed by atoms with Gasteiger partial charge in [-0.3, -0.25) is 4.90 Å². The Labute approximate surface area is 150 Å². The minimum Gasteiger partial charge on any atom is -0.371 e. The van der Waals surface area contributed by atoms with E-state index < -0.39 is 0 Å². The van der Waals surface area contributed by atoms with Crippen molar-refractivity contribution in [1.82, 2.24) is 15.5 Å². The van der Waals surface area contributed by atoms with Gasteiger partial charge >= 0.3 is 6.03 Å². The second kappa shape index (κ2) is 7.75. The first-order valence-corrected chi connectivity index (χ1v) is 9.75. The maximum atomic E-state index is 12.3. The lowest BCUT2D eigenvalue weighted by Crippen LogP contribution is -2.47. The van der Waals surface area contributed by atoms with Crippen LogP contribution < -0.4 is 10.6 Å². The van der Waals surface area contributed by atoms with Crippen molar-refractivity contribution < 1.29 is 9.53 Å². The van der Waals surface area contributed by atoms with Crippen molar-refractivity contribution in [3.8, 4) is 0 Å². The number of benzene rings is 1. The summed E-state index contributed by atoms with van der Waals surface area (Å²) in [7, 11) is 0. The molecule has 0 aromatic heterocycles. The molecule has 1 aromatic carbocycles. The molecule has 4 rings (SSSR count). The first-order chi connectivity index (χ1) is 12.3. The Balaban J connectivity index is 1.27. The van der Waals surface area contributed by atoms with E-state index in [-0.39, 0.29) is 18.2 Å². The van der Waals surface area contributed by atoms with Gasteiger partial charge in [0.2, 0.25) is 0 Å². The zero-order chi connectivity index (χ0) is 17.1. The van der Waals surface area contributed by atoms with Crippen molar-refractivity contribution in [2.24, 2.45) is 0 Å². The third-order valence-electron chi connectivity index (χ3n) is 5.86. The molecule has 1 saturated carbocycles. The number of morpholine rings is 1. The van der Waals surface area contributed by atoms with E-state index in [0.29, 0.717) is 12.1 Å². The Morgan fingerprint density at radius 1 is 1.00 bits per heavy atom. The number of carbonyl (C=O) groups excluding carboxylic acids is 1. The molecule has 2 N–H and O–H groups in total. The van der Waals surface area contributed by atoms with Gasteiger partial charge < -0.3 is 15.4 Å². The molecule has 2 aliphatic heterocycles. The molecular weight excluding hydrogens is 314 g/mol. The van der Waals surface area contributed by atoms with Crippen LogP contribution in [0.5, 0.6) is 0 Å². The summed E-state index contributed by atoms with van der Waals surface area (Å²) in [6.45, 7) is 2.59. The monoisotopic (exact) mass is 343 g/mol. The summed E-state index contributed by atoms with van der Waals surface area (Å²) in [6, 6.07) is 11.5. The Hall–Kier alpha value is -1.59. The van der Waals surface area contributed by atoms with Crippen LogP contribution in [-0.4, -0.2) is 48.8 Å². The summed E-state index contributed by atoms with van der Waals surface area (Å²) in [4.78, 5) is 14.8. The second-order valence-electron chi connectivity index (χ2n) is 7.73. The third kappa shape index (κ3) is 4.15. The Morgan fingerprint density at radius 3 is 2.56 bits per heavy atom. The fourth-order valence-corrected chi connectivity index (χ4v) is 4.51. The molecule has 2 saturated heterocycles. The van der Waals surface area contributed by atoms with E-state index in [1.807, 2.05) is 6.07 Å². The normalized spacial score (nSPS) is 30.6. The van der Waals surface area contributed by atoms with E-state index in [2.05, 4.69) is 39.8 Å². The molecule has 2 amide bonds. The summed E-state index contributed by atoms with van der Waals surface area (Å²) < 4.78 is 6.08. The van der Waals surface area contributed by atoms with Crippen LogP contribution in [0.25, 0.3) is 0 Å². The number of amides is 2. The quantitative estimate of drug-likeness (QED) is 0.887. The highest BCUT2D eigenvalue weighted by Gasteiger charge is 2.38. The molecule has 1 aliphatic carbocycles. The molecular formula is C20H29N3O2. The van der Waals surface area contributed by atoms with Gasteiger partial charge in [0.25, 0.3) is 0 Å². The Morgan fingerprint density at radius 2 is 1.76 bits per heavy atom. The standard InChI is InChI=1S/C20H29N3O2/c24-20(21-16-9-5-2-6-10-16)22-17-11-18-14-25-19(13-23(18)12-17)15-7-3-1-4-8-15/h1,3-4,7-8,16-19H,2,5-6,9-14H2,(H2,21,22,24)/t17-,18-,19+/m0/s1. The van der Waals surface area contributed by atoms with Crippen LogP contribution in [0, 0.1) is 0 Å². The third-order valence-corrected chi connectivity index (χ3v) is 5.86. The van der Waals surface area contributed by atoms with Crippen molar-refractivity contribution in [1.29, 1.82) is 0 Å². The number of carbonyl (C=O) groups is 1. The van der Waals surface area contributed by atoms with Crippen molar-refractivity contribution in [2.45, 2.75) is 62.8 Å². The molecule has 0 spiro atoms.